The largest absolute Gasteiger partial charge is 0.446 e. The quantitative estimate of drug-likeness (QED) is 0.0906. The number of alkyl carbamates (subject to hydrolysis) is 3. The minimum absolute atomic E-state index is 0.119. The Bertz CT molecular complexity index is 684. The zero-order valence-corrected chi connectivity index (χ0v) is 31.6. The molecule has 0 spiro atoms. The molecule has 10 heteroatoms. The molecule has 0 saturated heterocycles. The Morgan fingerprint density at radius 2 is 0.609 bits per heavy atom. The van der Waals surface area contributed by atoms with E-state index in [-0.39, 0.29) is 18.3 Å². The zero-order valence-electron chi connectivity index (χ0n) is 31.6. The van der Waals surface area contributed by atoms with Gasteiger partial charge in [-0.25, -0.2) is 14.4 Å². The monoisotopic (exact) mass is 657 g/mol. The van der Waals surface area contributed by atoms with E-state index in [4.69, 9.17) is 14.2 Å². The fraction of sp³-hybridized carbons (Fsp3) is 0.917. The number of ether oxygens (including phenoxy) is 3. The van der Waals surface area contributed by atoms with Crippen LogP contribution < -0.4 is 16.0 Å². The van der Waals surface area contributed by atoms with E-state index in [1.54, 1.807) is 0 Å². The van der Waals surface area contributed by atoms with Crippen LogP contribution in [0.4, 0.5) is 14.4 Å². The maximum absolute atomic E-state index is 12.6. The minimum atomic E-state index is -0.419. The predicted molar refractivity (Wildman–Crippen MR) is 188 cm³/mol. The van der Waals surface area contributed by atoms with E-state index in [2.05, 4.69) is 104 Å². The van der Waals surface area contributed by atoms with Crippen LogP contribution in [0.2, 0.25) is 0 Å². The minimum Gasteiger partial charge on any atom is -0.446 e. The summed E-state index contributed by atoms with van der Waals surface area (Å²) in [5.41, 5.74) is 0. The summed E-state index contributed by atoms with van der Waals surface area (Å²) in [7, 11) is 0. The first-order valence-corrected chi connectivity index (χ1v) is 18.0. The number of hydrogen-bond acceptors (Lipinski definition) is 7. The van der Waals surface area contributed by atoms with E-state index >= 15 is 0 Å². The number of rotatable bonds is 24. The maximum Gasteiger partial charge on any atom is 0.407 e. The maximum atomic E-state index is 12.6. The highest BCUT2D eigenvalue weighted by Gasteiger charge is 2.20. The summed E-state index contributed by atoms with van der Waals surface area (Å²) in [6, 6.07) is 0. The highest BCUT2D eigenvalue weighted by atomic mass is 16.6. The number of nitrogens with one attached hydrogen (secondary N) is 3. The number of nitrogens with zero attached hydrogens (tertiary/aromatic N) is 1. The standard InChI is InChI=1S/C36H72N4O6/c1-25(2)19-31(20-26(3)4)44-34(41)37-13-16-40(17-14-38-35(42)45-32(21-27(5)6)22-28(7)8)18-15-39-36(43)46-33(23-29(9)10)24-30(11)12/h25-33H,13-24H2,1-12H3,(H,37,41)(H,38,42)(H,39,43). The summed E-state index contributed by atoms with van der Waals surface area (Å²) in [4.78, 5) is 39.9. The van der Waals surface area contributed by atoms with Crippen molar-refractivity contribution in [3.63, 3.8) is 0 Å². The van der Waals surface area contributed by atoms with Crippen molar-refractivity contribution in [2.75, 3.05) is 39.3 Å². The van der Waals surface area contributed by atoms with Gasteiger partial charge in [0, 0.05) is 39.3 Å². The zero-order chi connectivity index (χ0) is 35.2. The average Bonchev–Trinajstić information content (AvgIpc) is 2.85. The molecule has 0 aliphatic rings. The number of hydrogen-bond donors (Lipinski definition) is 3. The van der Waals surface area contributed by atoms with Crippen LogP contribution in [0.15, 0.2) is 0 Å². The van der Waals surface area contributed by atoms with E-state index in [9.17, 15) is 14.4 Å². The van der Waals surface area contributed by atoms with Gasteiger partial charge >= 0.3 is 18.3 Å². The molecule has 0 aromatic carbocycles. The van der Waals surface area contributed by atoms with Crippen LogP contribution in [0.25, 0.3) is 0 Å². The molecule has 272 valence electrons. The summed E-state index contributed by atoms with van der Waals surface area (Å²) < 4.78 is 17.2. The summed E-state index contributed by atoms with van der Waals surface area (Å²) >= 11 is 0. The highest BCUT2D eigenvalue weighted by Crippen LogP contribution is 2.18. The normalized spacial score (nSPS) is 12.1. The van der Waals surface area contributed by atoms with Gasteiger partial charge in [-0.2, -0.15) is 0 Å². The first kappa shape index (κ1) is 43.8. The third-order valence-electron chi connectivity index (χ3n) is 7.32. The lowest BCUT2D eigenvalue weighted by Crippen LogP contribution is -2.44. The van der Waals surface area contributed by atoms with Gasteiger partial charge in [-0.15, -0.1) is 0 Å². The van der Waals surface area contributed by atoms with Gasteiger partial charge < -0.3 is 30.2 Å². The summed E-state index contributed by atoms with van der Waals surface area (Å²) in [6.45, 7) is 28.2. The molecule has 10 nitrogen and oxygen atoms in total. The SMILES string of the molecule is CC(C)CC(CC(C)C)OC(=O)NCCN(CCNC(=O)OC(CC(C)C)CC(C)C)CCNC(=O)OC(CC(C)C)CC(C)C. The lowest BCUT2D eigenvalue weighted by Gasteiger charge is -2.25. The number of carbonyl (C=O) groups is 3. The van der Waals surface area contributed by atoms with Gasteiger partial charge in [0.2, 0.25) is 0 Å². The number of amides is 3. The molecule has 46 heavy (non-hydrogen) atoms. The molecular weight excluding hydrogens is 584 g/mol. The van der Waals surface area contributed by atoms with Crippen molar-refractivity contribution < 1.29 is 28.6 Å². The van der Waals surface area contributed by atoms with Crippen molar-refractivity contribution in [1.82, 2.24) is 20.9 Å². The molecule has 0 aromatic rings. The van der Waals surface area contributed by atoms with Crippen molar-refractivity contribution in [2.45, 2.75) is 140 Å². The van der Waals surface area contributed by atoms with Gasteiger partial charge in [0.25, 0.3) is 0 Å². The van der Waals surface area contributed by atoms with Crippen molar-refractivity contribution in [2.24, 2.45) is 35.5 Å². The Morgan fingerprint density at radius 3 is 0.783 bits per heavy atom. The molecule has 0 rings (SSSR count). The van der Waals surface area contributed by atoms with Crippen molar-refractivity contribution in [3.8, 4) is 0 Å². The van der Waals surface area contributed by atoms with Crippen molar-refractivity contribution in [3.05, 3.63) is 0 Å². The van der Waals surface area contributed by atoms with Crippen LogP contribution in [0, 0.1) is 35.5 Å². The Kier molecular flexibility index (Phi) is 23.7. The second kappa shape index (κ2) is 24.9. The fourth-order valence-corrected chi connectivity index (χ4v) is 5.59. The van der Waals surface area contributed by atoms with Crippen LogP contribution in [-0.2, 0) is 14.2 Å². The van der Waals surface area contributed by atoms with E-state index in [1.807, 2.05) is 0 Å². The molecule has 0 unspecified atom stereocenters. The molecule has 0 atom stereocenters. The van der Waals surface area contributed by atoms with Crippen molar-refractivity contribution >= 4 is 18.3 Å². The lowest BCUT2D eigenvalue weighted by atomic mass is 9.98. The van der Waals surface area contributed by atoms with E-state index in [1.165, 1.54) is 0 Å². The van der Waals surface area contributed by atoms with Crippen LogP contribution in [0.5, 0.6) is 0 Å². The molecule has 0 radical (unpaired) electrons. The topological polar surface area (TPSA) is 118 Å². The Balaban J connectivity index is 5.14. The molecule has 0 saturated carbocycles. The average molecular weight is 657 g/mol. The van der Waals surface area contributed by atoms with Crippen LogP contribution >= 0.6 is 0 Å². The van der Waals surface area contributed by atoms with Gasteiger partial charge in [0.05, 0.1) is 0 Å². The first-order valence-electron chi connectivity index (χ1n) is 18.0. The van der Waals surface area contributed by atoms with Crippen LogP contribution in [-0.4, -0.2) is 80.8 Å². The van der Waals surface area contributed by atoms with Crippen LogP contribution in [0.3, 0.4) is 0 Å². The van der Waals surface area contributed by atoms with Gasteiger partial charge in [0.1, 0.15) is 18.3 Å². The second-order valence-electron chi connectivity index (χ2n) is 15.5. The van der Waals surface area contributed by atoms with Crippen LogP contribution in [0.1, 0.15) is 122 Å². The molecule has 0 aliphatic carbocycles. The molecule has 0 aliphatic heterocycles. The molecule has 3 N–H and O–H groups in total. The van der Waals surface area contributed by atoms with E-state index in [0.717, 1.165) is 38.5 Å². The smallest absolute Gasteiger partial charge is 0.407 e. The second-order valence-corrected chi connectivity index (χ2v) is 15.5. The number of carbonyl (C=O) groups excluding carboxylic acids is 3. The summed E-state index contributed by atoms with van der Waals surface area (Å²) in [5, 5.41) is 8.66. The third kappa shape index (κ3) is 25.9. The molecule has 0 bridgehead atoms. The molecular formula is C36H72N4O6. The molecule has 0 heterocycles. The first-order chi connectivity index (χ1) is 21.5. The summed E-state index contributed by atoms with van der Waals surface area (Å²) in [6.07, 6.45) is 3.34. The Labute approximate surface area is 282 Å². The lowest BCUT2D eigenvalue weighted by molar-refractivity contribution is 0.0719. The van der Waals surface area contributed by atoms with E-state index < -0.39 is 18.3 Å². The third-order valence-corrected chi connectivity index (χ3v) is 7.32. The van der Waals surface area contributed by atoms with Gasteiger partial charge in [-0.3, -0.25) is 4.90 Å². The van der Waals surface area contributed by atoms with E-state index in [0.29, 0.717) is 74.8 Å². The van der Waals surface area contributed by atoms with Gasteiger partial charge in [-0.1, -0.05) is 83.1 Å². The summed E-state index contributed by atoms with van der Waals surface area (Å²) in [5.74, 6) is 2.60. The van der Waals surface area contributed by atoms with Crippen molar-refractivity contribution in [1.29, 1.82) is 0 Å². The fourth-order valence-electron chi connectivity index (χ4n) is 5.59. The molecule has 3 amide bonds. The highest BCUT2D eigenvalue weighted by molar-refractivity contribution is 5.68. The molecule has 0 aromatic heterocycles. The molecule has 0 fully saturated rings. The predicted octanol–water partition coefficient (Wildman–Crippen LogP) is 7.85. The van der Waals surface area contributed by atoms with Gasteiger partial charge in [0.15, 0.2) is 0 Å². The Morgan fingerprint density at radius 1 is 0.413 bits per heavy atom. The van der Waals surface area contributed by atoms with Gasteiger partial charge in [-0.05, 0) is 74.0 Å². The Hall–Kier alpha value is -2.23.